The van der Waals surface area contributed by atoms with Gasteiger partial charge in [-0.25, -0.2) is 4.79 Å². The van der Waals surface area contributed by atoms with E-state index in [1.807, 2.05) is 4.90 Å². The Labute approximate surface area is 125 Å². The quantitative estimate of drug-likeness (QED) is 0.883. The van der Waals surface area contributed by atoms with Gasteiger partial charge in [0.2, 0.25) is 5.91 Å². The number of anilines is 1. The summed E-state index contributed by atoms with van der Waals surface area (Å²) in [6, 6.07) is 4.47. The first-order valence-electron chi connectivity index (χ1n) is 6.49. The normalized spacial score (nSPS) is 22.6. The lowest BCUT2D eigenvalue weighted by Gasteiger charge is -2.38. The number of piperidine rings is 1. The van der Waals surface area contributed by atoms with Crippen LogP contribution in [0, 0.1) is 5.92 Å². The van der Waals surface area contributed by atoms with Gasteiger partial charge in [0.15, 0.2) is 0 Å². The predicted molar refractivity (Wildman–Crippen MR) is 79.8 cm³/mol. The van der Waals surface area contributed by atoms with Crippen LogP contribution in [0.5, 0.6) is 0 Å². The smallest absolute Gasteiger partial charge is 0.326 e. The van der Waals surface area contributed by atoms with Gasteiger partial charge in [-0.1, -0.05) is 6.92 Å². The number of aliphatic carboxylic acids is 1. The molecule has 0 spiro atoms. The topological polar surface area (TPSA) is 83.6 Å². The molecule has 0 aliphatic carbocycles. The van der Waals surface area contributed by atoms with Crippen molar-refractivity contribution in [2.75, 3.05) is 11.4 Å². The van der Waals surface area contributed by atoms with E-state index in [0.717, 1.165) is 12.1 Å². The molecule has 0 saturated carbocycles. The lowest BCUT2D eigenvalue weighted by molar-refractivity contribution is -0.139. The van der Waals surface area contributed by atoms with Gasteiger partial charge in [0.05, 0.1) is 5.69 Å². The fraction of sp³-hybridized carbons (Fsp3) is 0.429. The molecule has 2 rings (SSSR count). The van der Waals surface area contributed by atoms with Gasteiger partial charge >= 0.3 is 5.97 Å². The van der Waals surface area contributed by atoms with Crippen LogP contribution in [0.15, 0.2) is 22.7 Å². The van der Waals surface area contributed by atoms with Crippen LogP contribution in [0.25, 0.3) is 0 Å². The number of benzene rings is 1. The molecule has 0 bridgehead atoms. The molecule has 5 nitrogen and oxygen atoms in total. The third kappa shape index (κ3) is 2.95. The molecule has 1 amide bonds. The zero-order valence-electron chi connectivity index (χ0n) is 11.2. The van der Waals surface area contributed by atoms with Crippen LogP contribution in [0.3, 0.4) is 0 Å². The van der Waals surface area contributed by atoms with Gasteiger partial charge in [-0.2, -0.15) is 0 Å². The Morgan fingerprint density at radius 3 is 2.70 bits per heavy atom. The molecular weight excluding hydrogens is 324 g/mol. The standard InChI is InChI=1S/C14H17BrN2O3/c1-8-4-5-17(12(6-8)14(19)20)11-3-2-9(13(16)18)7-10(11)15/h2-3,7-8,12H,4-6H2,1H3,(H2,16,18)(H,19,20). The first-order chi connectivity index (χ1) is 9.40. The molecule has 20 heavy (non-hydrogen) atoms. The Balaban J connectivity index is 2.34. The number of carboxylic acid groups (broad SMARTS) is 1. The molecule has 1 saturated heterocycles. The highest BCUT2D eigenvalue weighted by atomic mass is 79.9. The maximum Gasteiger partial charge on any atom is 0.326 e. The summed E-state index contributed by atoms with van der Waals surface area (Å²) >= 11 is 3.40. The monoisotopic (exact) mass is 340 g/mol. The maximum absolute atomic E-state index is 11.4. The van der Waals surface area contributed by atoms with Crippen molar-refractivity contribution >= 4 is 33.5 Å². The number of carbonyl (C=O) groups is 2. The molecule has 1 aliphatic heterocycles. The van der Waals surface area contributed by atoms with E-state index >= 15 is 0 Å². The van der Waals surface area contributed by atoms with Crippen molar-refractivity contribution in [3.8, 4) is 0 Å². The molecule has 0 radical (unpaired) electrons. The van der Waals surface area contributed by atoms with Gasteiger partial charge < -0.3 is 15.7 Å². The molecule has 3 N–H and O–H groups in total. The molecule has 0 aromatic heterocycles. The highest BCUT2D eigenvalue weighted by Crippen LogP contribution is 2.33. The van der Waals surface area contributed by atoms with Crippen LogP contribution in [-0.2, 0) is 4.79 Å². The lowest BCUT2D eigenvalue weighted by atomic mass is 9.92. The van der Waals surface area contributed by atoms with Crippen LogP contribution >= 0.6 is 15.9 Å². The number of primary amides is 1. The maximum atomic E-state index is 11.4. The molecule has 6 heteroatoms. The SMILES string of the molecule is CC1CCN(c2ccc(C(N)=O)cc2Br)C(C(=O)O)C1. The predicted octanol–water partition coefficient (Wildman–Crippen LogP) is 2.24. The second-order valence-electron chi connectivity index (χ2n) is 5.21. The number of carbonyl (C=O) groups excluding carboxylic acids is 1. The summed E-state index contributed by atoms with van der Waals surface area (Å²) in [5.74, 6) is -0.919. The third-order valence-electron chi connectivity index (χ3n) is 3.69. The van der Waals surface area contributed by atoms with Gasteiger partial charge in [0, 0.05) is 16.6 Å². The minimum Gasteiger partial charge on any atom is -0.480 e. The molecule has 2 unspecified atom stereocenters. The summed E-state index contributed by atoms with van der Waals surface area (Å²) in [7, 11) is 0. The van der Waals surface area contributed by atoms with Gasteiger partial charge in [-0.15, -0.1) is 0 Å². The van der Waals surface area contributed by atoms with E-state index in [9.17, 15) is 14.7 Å². The third-order valence-corrected chi connectivity index (χ3v) is 4.33. The summed E-state index contributed by atoms with van der Waals surface area (Å²) in [5, 5.41) is 9.39. The fourth-order valence-corrected chi connectivity index (χ4v) is 3.16. The first-order valence-corrected chi connectivity index (χ1v) is 7.28. The molecule has 1 heterocycles. The molecule has 108 valence electrons. The fourth-order valence-electron chi connectivity index (χ4n) is 2.56. The van der Waals surface area contributed by atoms with Gasteiger partial charge in [0.25, 0.3) is 0 Å². The zero-order valence-corrected chi connectivity index (χ0v) is 12.8. The number of rotatable bonds is 3. The Morgan fingerprint density at radius 1 is 1.45 bits per heavy atom. The van der Waals surface area contributed by atoms with Crippen molar-refractivity contribution in [1.82, 2.24) is 0 Å². The summed E-state index contributed by atoms with van der Waals surface area (Å²) in [5.41, 5.74) is 6.42. The number of nitrogens with zero attached hydrogens (tertiary/aromatic N) is 1. The van der Waals surface area contributed by atoms with E-state index < -0.39 is 17.9 Å². The van der Waals surface area contributed by atoms with Crippen molar-refractivity contribution in [3.63, 3.8) is 0 Å². The van der Waals surface area contributed by atoms with E-state index in [4.69, 9.17) is 5.73 Å². The summed E-state index contributed by atoms with van der Waals surface area (Å²) in [6.45, 7) is 2.76. The molecule has 2 atom stereocenters. The molecule has 1 aromatic carbocycles. The second-order valence-corrected chi connectivity index (χ2v) is 6.06. The van der Waals surface area contributed by atoms with E-state index in [1.54, 1.807) is 18.2 Å². The van der Waals surface area contributed by atoms with Crippen molar-refractivity contribution < 1.29 is 14.7 Å². The zero-order chi connectivity index (χ0) is 14.9. The second kappa shape index (κ2) is 5.83. The highest BCUT2D eigenvalue weighted by molar-refractivity contribution is 9.10. The van der Waals surface area contributed by atoms with Crippen molar-refractivity contribution in [1.29, 1.82) is 0 Å². The van der Waals surface area contributed by atoms with Crippen LogP contribution in [0.4, 0.5) is 5.69 Å². The summed E-state index contributed by atoms with van der Waals surface area (Å²) < 4.78 is 0.689. The molecule has 1 aromatic rings. The van der Waals surface area contributed by atoms with Gasteiger partial charge in [0.1, 0.15) is 6.04 Å². The van der Waals surface area contributed by atoms with Crippen LogP contribution in [0.1, 0.15) is 30.1 Å². The highest BCUT2D eigenvalue weighted by Gasteiger charge is 2.32. The largest absolute Gasteiger partial charge is 0.480 e. The van der Waals surface area contributed by atoms with Crippen molar-refractivity contribution in [2.24, 2.45) is 11.7 Å². The molecular formula is C14H17BrN2O3. The van der Waals surface area contributed by atoms with Crippen LogP contribution < -0.4 is 10.6 Å². The number of nitrogens with two attached hydrogens (primary N) is 1. The Hall–Kier alpha value is -1.56. The van der Waals surface area contributed by atoms with E-state index in [-0.39, 0.29) is 0 Å². The van der Waals surface area contributed by atoms with Crippen molar-refractivity contribution in [2.45, 2.75) is 25.8 Å². The summed E-state index contributed by atoms with van der Waals surface area (Å²) in [4.78, 5) is 24.5. The number of hydrogen-bond acceptors (Lipinski definition) is 3. The minimum atomic E-state index is -0.817. The number of amides is 1. The van der Waals surface area contributed by atoms with Crippen molar-refractivity contribution in [3.05, 3.63) is 28.2 Å². The Kier molecular flexibility index (Phi) is 4.32. The minimum absolute atomic E-state index is 0.399. The molecule has 1 aliphatic rings. The van der Waals surface area contributed by atoms with Crippen LogP contribution in [0.2, 0.25) is 0 Å². The number of hydrogen-bond donors (Lipinski definition) is 2. The van der Waals surface area contributed by atoms with E-state index in [2.05, 4.69) is 22.9 Å². The lowest BCUT2D eigenvalue weighted by Crippen LogP contribution is -2.47. The Morgan fingerprint density at radius 2 is 2.15 bits per heavy atom. The number of carboxylic acids is 1. The average molecular weight is 341 g/mol. The van der Waals surface area contributed by atoms with Crippen LogP contribution in [-0.4, -0.2) is 29.6 Å². The first kappa shape index (κ1) is 14.8. The molecule has 1 fully saturated rings. The van der Waals surface area contributed by atoms with E-state index in [0.29, 0.717) is 28.9 Å². The Bertz CT molecular complexity index is 547. The summed E-state index contributed by atoms with van der Waals surface area (Å²) in [6.07, 6.45) is 1.58. The van der Waals surface area contributed by atoms with Gasteiger partial charge in [-0.05, 0) is 52.9 Å². The van der Waals surface area contributed by atoms with Gasteiger partial charge in [-0.3, -0.25) is 4.79 Å². The van der Waals surface area contributed by atoms with E-state index in [1.165, 1.54) is 0 Å². The average Bonchev–Trinajstić information content (AvgIpc) is 2.38. The number of halogens is 1.